The molecule has 0 unspecified atom stereocenters. The maximum Gasteiger partial charge on any atom is 0.254 e. The second-order valence-electron chi connectivity index (χ2n) is 11.0. The summed E-state index contributed by atoms with van der Waals surface area (Å²) in [5.74, 6) is 0.809. The molecule has 2 heterocycles. The monoisotopic (exact) mass is 437 g/mol. The van der Waals surface area contributed by atoms with Crippen LogP contribution in [0, 0.1) is 0 Å². The van der Waals surface area contributed by atoms with Crippen molar-refractivity contribution in [2.75, 3.05) is 6.61 Å². The van der Waals surface area contributed by atoms with Crippen LogP contribution in [0.5, 0.6) is 0 Å². The summed E-state index contributed by atoms with van der Waals surface area (Å²) in [6, 6.07) is 3.63. The van der Waals surface area contributed by atoms with Crippen molar-refractivity contribution in [3.05, 3.63) is 46.1 Å². The number of rotatable bonds is 6. The van der Waals surface area contributed by atoms with Crippen LogP contribution in [-0.2, 0) is 13.6 Å². The Bertz CT molecular complexity index is 800. The van der Waals surface area contributed by atoms with Gasteiger partial charge in [-0.25, -0.2) is 0 Å². The molecule has 164 valence electrons. The molecule has 1 N–H and O–H groups in total. The highest BCUT2D eigenvalue weighted by atomic mass is 28.4. The fourth-order valence-electron chi connectivity index (χ4n) is 2.53. The van der Waals surface area contributed by atoms with Gasteiger partial charge in [0.05, 0.1) is 12.2 Å². The van der Waals surface area contributed by atoms with Crippen molar-refractivity contribution in [3.63, 3.8) is 0 Å². The average molecular weight is 438 g/mol. The molecular weight excluding hydrogens is 398 g/mol. The molecule has 1 aliphatic heterocycles. The third kappa shape index (κ3) is 5.51. The minimum Gasteiger partial charge on any atom is -0.545 e. The number of pyridine rings is 1. The van der Waals surface area contributed by atoms with Gasteiger partial charge in [-0.3, -0.25) is 4.79 Å². The topological polar surface area (TPSA) is 60.5 Å². The molecule has 1 aromatic heterocycles. The van der Waals surface area contributed by atoms with Gasteiger partial charge in [-0.1, -0.05) is 41.5 Å². The molecule has 0 saturated heterocycles. The fraction of sp³-hybridized carbons (Fsp3) is 0.682. The summed E-state index contributed by atoms with van der Waals surface area (Å²) in [5, 5.41) is 0.187. The van der Waals surface area contributed by atoms with Crippen LogP contribution in [-0.4, -0.2) is 34.3 Å². The molecule has 0 radical (unpaired) electrons. The van der Waals surface area contributed by atoms with Gasteiger partial charge in [0.1, 0.15) is 18.0 Å². The van der Waals surface area contributed by atoms with Gasteiger partial charge < -0.3 is 18.6 Å². The SMILES string of the molecule is CC(C)(C)[Si](C)(C)OC[C@H]1O[C@@H](c2ccc[nH]c2=O)C=C1O[Si](C)(C)C(C)(C)C. The first-order valence-corrected chi connectivity index (χ1v) is 16.2. The number of aromatic nitrogens is 1. The van der Waals surface area contributed by atoms with Gasteiger partial charge in [0.15, 0.2) is 8.32 Å². The average Bonchev–Trinajstić information content (AvgIpc) is 2.93. The highest BCUT2D eigenvalue weighted by molar-refractivity contribution is 6.74. The van der Waals surface area contributed by atoms with Gasteiger partial charge in [-0.2, -0.15) is 0 Å². The van der Waals surface area contributed by atoms with Gasteiger partial charge in [0.25, 0.3) is 5.56 Å². The molecule has 0 aromatic carbocycles. The van der Waals surface area contributed by atoms with Crippen molar-refractivity contribution in [1.29, 1.82) is 0 Å². The molecule has 29 heavy (non-hydrogen) atoms. The van der Waals surface area contributed by atoms with Gasteiger partial charge in [-0.15, -0.1) is 0 Å². The highest BCUT2D eigenvalue weighted by Crippen LogP contribution is 2.42. The molecule has 5 nitrogen and oxygen atoms in total. The molecule has 7 heteroatoms. The zero-order chi connectivity index (χ0) is 22.3. The van der Waals surface area contributed by atoms with Crippen molar-refractivity contribution >= 4 is 16.6 Å². The van der Waals surface area contributed by atoms with Crippen LogP contribution >= 0.6 is 0 Å². The van der Waals surface area contributed by atoms with E-state index in [-0.39, 0.29) is 21.7 Å². The van der Waals surface area contributed by atoms with Crippen LogP contribution in [0.3, 0.4) is 0 Å². The van der Waals surface area contributed by atoms with Crippen molar-refractivity contribution in [2.24, 2.45) is 0 Å². The zero-order valence-corrected chi connectivity index (χ0v) is 21.8. The van der Waals surface area contributed by atoms with Crippen LogP contribution in [0.15, 0.2) is 35.0 Å². The summed E-state index contributed by atoms with van der Waals surface area (Å²) in [6.07, 6.45) is 2.87. The lowest BCUT2D eigenvalue weighted by atomic mass is 10.1. The highest BCUT2D eigenvalue weighted by Gasteiger charge is 2.44. The summed E-state index contributed by atoms with van der Waals surface area (Å²) in [7, 11) is -3.97. The standard InChI is InChI=1S/C22H39NO4Si2/c1-21(2,3)28(7,8)25-15-19-18(27-29(9,10)22(4,5)6)14-17(26-19)16-12-11-13-23-20(16)24/h11-14,17,19H,15H2,1-10H3,(H,23,24)/t17-,19-/m1/s1. The number of aromatic amines is 1. The minimum absolute atomic E-state index is 0.0704. The Balaban J connectivity index is 2.30. The number of nitrogens with one attached hydrogen (secondary N) is 1. The lowest BCUT2D eigenvalue weighted by Gasteiger charge is -2.39. The van der Waals surface area contributed by atoms with Crippen LogP contribution < -0.4 is 5.56 Å². The molecule has 2 atom stereocenters. The fourth-order valence-corrected chi connectivity index (χ4v) is 4.63. The van der Waals surface area contributed by atoms with E-state index in [0.29, 0.717) is 12.2 Å². The largest absolute Gasteiger partial charge is 0.545 e. The van der Waals surface area contributed by atoms with E-state index in [1.165, 1.54) is 0 Å². The van der Waals surface area contributed by atoms with E-state index in [9.17, 15) is 4.79 Å². The molecule has 1 aliphatic rings. The Morgan fingerprint density at radius 1 is 1.03 bits per heavy atom. The normalized spacial score (nSPS) is 21.2. The van der Waals surface area contributed by atoms with E-state index >= 15 is 0 Å². The van der Waals surface area contributed by atoms with Crippen molar-refractivity contribution in [2.45, 2.75) is 90.0 Å². The third-order valence-electron chi connectivity index (χ3n) is 6.68. The molecule has 0 fully saturated rings. The summed E-state index contributed by atoms with van der Waals surface area (Å²) in [4.78, 5) is 15.0. The molecule has 0 saturated carbocycles. The van der Waals surface area contributed by atoms with E-state index in [0.717, 1.165) is 5.76 Å². The first-order chi connectivity index (χ1) is 13.1. The predicted octanol–water partition coefficient (Wildman–Crippen LogP) is 5.74. The second kappa shape index (κ2) is 8.17. The summed E-state index contributed by atoms with van der Waals surface area (Å²) in [5.41, 5.74) is 0.463. The van der Waals surface area contributed by atoms with E-state index in [2.05, 4.69) is 72.7 Å². The van der Waals surface area contributed by atoms with E-state index < -0.39 is 22.7 Å². The molecular formula is C22H39NO4Si2. The number of hydrogen-bond acceptors (Lipinski definition) is 4. The van der Waals surface area contributed by atoms with Crippen molar-refractivity contribution in [3.8, 4) is 0 Å². The number of hydrogen-bond donors (Lipinski definition) is 1. The number of ether oxygens (including phenoxy) is 1. The van der Waals surface area contributed by atoms with Crippen LogP contribution in [0.2, 0.25) is 36.3 Å². The Morgan fingerprint density at radius 3 is 2.14 bits per heavy atom. The molecule has 0 bridgehead atoms. The molecule has 1 aromatic rings. The van der Waals surface area contributed by atoms with E-state index in [1.807, 2.05) is 12.1 Å². The van der Waals surface area contributed by atoms with E-state index in [1.54, 1.807) is 12.3 Å². The summed E-state index contributed by atoms with van der Waals surface area (Å²) < 4.78 is 19.4. The maximum atomic E-state index is 12.3. The zero-order valence-electron chi connectivity index (χ0n) is 19.8. The third-order valence-corrected chi connectivity index (χ3v) is 15.5. The van der Waals surface area contributed by atoms with Gasteiger partial charge >= 0.3 is 0 Å². The van der Waals surface area contributed by atoms with Crippen LogP contribution in [0.1, 0.15) is 53.2 Å². The molecule has 2 rings (SSSR count). The van der Waals surface area contributed by atoms with E-state index in [4.69, 9.17) is 13.6 Å². The second-order valence-corrected chi connectivity index (χ2v) is 20.5. The van der Waals surface area contributed by atoms with Gasteiger partial charge in [0, 0.05) is 6.20 Å². The predicted molar refractivity (Wildman–Crippen MR) is 124 cm³/mol. The lowest BCUT2D eigenvalue weighted by Crippen LogP contribution is -2.44. The maximum absolute atomic E-state index is 12.3. The number of H-pyrrole nitrogens is 1. The van der Waals surface area contributed by atoms with Gasteiger partial charge in [0.2, 0.25) is 8.32 Å². The summed E-state index contributed by atoms with van der Waals surface area (Å²) in [6.45, 7) is 22.7. The van der Waals surface area contributed by atoms with Crippen molar-refractivity contribution in [1.82, 2.24) is 4.98 Å². The first-order valence-electron chi connectivity index (χ1n) is 10.4. The van der Waals surface area contributed by atoms with Crippen LogP contribution in [0.25, 0.3) is 0 Å². The van der Waals surface area contributed by atoms with Crippen LogP contribution in [0.4, 0.5) is 0 Å². The summed E-state index contributed by atoms with van der Waals surface area (Å²) >= 11 is 0. The molecule has 0 amide bonds. The Kier molecular flexibility index (Phi) is 6.79. The molecule has 0 spiro atoms. The smallest absolute Gasteiger partial charge is 0.254 e. The Morgan fingerprint density at radius 2 is 1.62 bits per heavy atom. The quantitative estimate of drug-likeness (QED) is 0.576. The van der Waals surface area contributed by atoms with Gasteiger partial charge in [-0.05, 0) is 54.5 Å². The Labute approximate surface area is 178 Å². The molecule has 0 aliphatic carbocycles. The minimum atomic E-state index is -2.05. The van der Waals surface area contributed by atoms with Crippen molar-refractivity contribution < 1.29 is 13.6 Å². The Hall–Kier alpha value is -1.16. The lowest BCUT2D eigenvalue weighted by molar-refractivity contribution is 0.00961. The first kappa shape index (κ1) is 24.1.